The first-order valence-electron chi connectivity index (χ1n) is 8.93. The minimum atomic E-state index is -0.253. The van der Waals surface area contributed by atoms with E-state index in [0.29, 0.717) is 23.1 Å². The number of fused-ring (bicyclic) bond motifs is 2. The van der Waals surface area contributed by atoms with Gasteiger partial charge in [-0.05, 0) is 5.92 Å². The van der Waals surface area contributed by atoms with Crippen LogP contribution in [-0.2, 0) is 14.1 Å². The Labute approximate surface area is 155 Å². The van der Waals surface area contributed by atoms with Crippen molar-refractivity contribution in [2.45, 2.75) is 39.5 Å². The topological polar surface area (TPSA) is 107 Å². The second-order valence-corrected chi connectivity index (χ2v) is 7.39. The van der Waals surface area contributed by atoms with Crippen LogP contribution in [0.2, 0.25) is 0 Å². The molecule has 27 heavy (non-hydrogen) atoms. The third-order valence-electron chi connectivity index (χ3n) is 4.63. The normalized spacial score (nSPS) is 12.1. The van der Waals surface area contributed by atoms with Crippen LogP contribution >= 0.6 is 0 Å². The summed E-state index contributed by atoms with van der Waals surface area (Å²) in [6.45, 7) is 8.10. The third kappa shape index (κ3) is 2.61. The zero-order valence-electron chi connectivity index (χ0n) is 16.3. The van der Waals surface area contributed by atoms with E-state index in [1.54, 1.807) is 10.9 Å². The maximum Gasteiger partial charge on any atom is 0.279 e. The summed E-state index contributed by atoms with van der Waals surface area (Å²) in [5, 5.41) is 0. The predicted octanol–water partition coefficient (Wildman–Crippen LogP) is 2.25. The molecular weight excluding hydrogens is 344 g/mol. The number of H-pyrrole nitrogens is 1. The number of aromatic amines is 1. The van der Waals surface area contributed by atoms with Gasteiger partial charge in [0.1, 0.15) is 11.3 Å². The van der Waals surface area contributed by atoms with Gasteiger partial charge in [0.05, 0.1) is 12.0 Å². The standard InChI is InChI=1S/C18H22N8O/c1-8(2)10-11-15(25(5)7-19-11)23-14(20-10)17-21-12-16(26(17)6)22-13(9(3)4)24-18(12)27/h7-9H,1-6H3,(H,22,24,27). The van der Waals surface area contributed by atoms with E-state index >= 15 is 0 Å². The highest BCUT2D eigenvalue weighted by atomic mass is 16.1. The molecule has 0 fully saturated rings. The zero-order chi connectivity index (χ0) is 19.5. The lowest BCUT2D eigenvalue weighted by Gasteiger charge is -2.08. The van der Waals surface area contributed by atoms with E-state index < -0.39 is 0 Å². The number of hydrogen-bond acceptors (Lipinski definition) is 6. The number of imidazole rings is 2. The van der Waals surface area contributed by atoms with Crippen LogP contribution in [0.1, 0.15) is 51.0 Å². The molecule has 0 amide bonds. The number of nitrogens with zero attached hydrogens (tertiary/aromatic N) is 7. The zero-order valence-corrected chi connectivity index (χ0v) is 16.3. The molecule has 0 saturated heterocycles. The summed E-state index contributed by atoms with van der Waals surface area (Å²) >= 11 is 0. The summed E-state index contributed by atoms with van der Waals surface area (Å²) in [4.78, 5) is 38.2. The summed E-state index contributed by atoms with van der Waals surface area (Å²) in [6, 6.07) is 0. The molecule has 0 saturated carbocycles. The Morgan fingerprint density at radius 2 is 1.67 bits per heavy atom. The first-order chi connectivity index (χ1) is 12.8. The Balaban J connectivity index is 2.02. The molecule has 4 rings (SSSR count). The lowest BCUT2D eigenvalue weighted by molar-refractivity contribution is 0.768. The van der Waals surface area contributed by atoms with E-state index in [2.05, 4.69) is 38.8 Å². The minimum Gasteiger partial charge on any atom is -0.318 e. The van der Waals surface area contributed by atoms with E-state index in [1.807, 2.05) is 32.5 Å². The second kappa shape index (κ2) is 5.97. The van der Waals surface area contributed by atoms with Crippen molar-refractivity contribution in [1.82, 2.24) is 39.0 Å². The van der Waals surface area contributed by atoms with Crippen molar-refractivity contribution < 1.29 is 0 Å². The van der Waals surface area contributed by atoms with E-state index in [0.717, 1.165) is 16.9 Å². The molecule has 0 radical (unpaired) electrons. The Hall–Kier alpha value is -3.10. The average Bonchev–Trinajstić information content (AvgIpc) is 3.15. The summed E-state index contributed by atoms with van der Waals surface area (Å²) < 4.78 is 3.63. The minimum absolute atomic E-state index is 0.107. The molecule has 4 aromatic rings. The van der Waals surface area contributed by atoms with Crippen molar-refractivity contribution in [3.05, 3.63) is 28.2 Å². The highest BCUT2D eigenvalue weighted by molar-refractivity contribution is 5.78. The Kier molecular flexibility index (Phi) is 3.83. The maximum absolute atomic E-state index is 12.5. The molecular formula is C18H22N8O. The molecule has 0 unspecified atom stereocenters. The van der Waals surface area contributed by atoms with Gasteiger partial charge in [-0.15, -0.1) is 0 Å². The predicted molar refractivity (Wildman–Crippen MR) is 103 cm³/mol. The molecule has 0 aliphatic heterocycles. The molecule has 1 N–H and O–H groups in total. The molecule has 0 aliphatic rings. The van der Waals surface area contributed by atoms with Crippen LogP contribution in [0, 0.1) is 0 Å². The van der Waals surface area contributed by atoms with Crippen LogP contribution in [-0.4, -0.2) is 39.0 Å². The smallest absolute Gasteiger partial charge is 0.279 e. The van der Waals surface area contributed by atoms with Crippen LogP contribution in [0.4, 0.5) is 0 Å². The largest absolute Gasteiger partial charge is 0.318 e. The molecule has 0 atom stereocenters. The van der Waals surface area contributed by atoms with Gasteiger partial charge in [0, 0.05) is 20.0 Å². The van der Waals surface area contributed by atoms with Crippen LogP contribution in [0.15, 0.2) is 11.1 Å². The third-order valence-corrected chi connectivity index (χ3v) is 4.63. The van der Waals surface area contributed by atoms with Crippen molar-refractivity contribution >= 4 is 22.3 Å². The molecule has 0 bridgehead atoms. The Morgan fingerprint density at radius 1 is 0.926 bits per heavy atom. The van der Waals surface area contributed by atoms with E-state index in [9.17, 15) is 4.79 Å². The van der Waals surface area contributed by atoms with Gasteiger partial charge < -0.3 is 14.1 Å². The number of aryl methyl sites for hydroxylation is 2. The van der Waals surface area contributed by atoms with Crippen LogP contribution in [0.25, 0.3) is 34.0 Å². The van der Waals surface area contributed by atoms with Crippen LogP contribution in [0.5, 0.6) is 0 Å². The monoisotopic (exact) mass is 366 g/mol. The molecule has 140 valence electrons. The van der Waals surface area contributed by atoms with Gasteiger partial charge in [-0.1, -0.05) is 27.7 Å². The van der Waals surface area contributed by atoms with Gasteiger partial charge in [-0.2, -0.15) is 0 Å². The fourth-order valence-electron chi connectivity index (χ4n) is 3.09. The summed E-state index contributed by atoms with van der Waals surface area (Å²) in [5.74, 6) is 1.88. The SMILES string of the molecule is CC(C)c1nc2c(nc(-c3nc(C(C)C)c4ncn(C)c4n3)n2C)c(=O)[nH]1. The molecule has 4 aromatic heterocycles. The molecule has 0 aromatic carbocycles. The average molecular weight is 366 g/mol. The van der Waals surface area contributed by atoms with Crippen molar-refractivity contribution in [2.75, 3.05) is 0 Å². The molecule has 9 heteroatoms. The molecule has 4 heterocycles. The van der Waals surface area contributed by atoms with Crippen molar-refractivity contribution in [1.29, 1.82) is 0 Å². The number of nitrogens with one attached hydrogen (secondary N) is 1. The number of hydrogen-bond donors (Lipinski definition) is 1. The summed E-state index contributed by atoms with van der Waals surface area (Å²) in [6.07, 6.45) is 1.73. The van der Waals surface area contributed by atoms with Crippen LogP contribution < -0.4 is 5.56 Å². The first-order valence-corrected chi connectivity index (χ1v) is 8.93. The second-order valence-electron chi connectivity index (χ2n) is 7.39. The Bertz CT molecular complexity index is 1230. The number of rotatable bonds is 3. The van der Waals surface area contributed by atoms with Gasteiger partial charge in [0.2, 0.25) is 0 Å². The highest BCUT2D eigenvalue weighted by Crippen LogP contribution is 2.26. The Morgan fingerprint density at radius 3 is 2.33 bits per heavy atom. The van der Waals surface area contributed by atoms with Crippen molar-refractivity contribution in [3.8, 4) is 11.6 Å². The number of aromatic nitrogens is 8. The van der Waals surface area contributed by atoms with Gasteiger partial charge in [0.25, 0.3) is 5.56 Å². The van der Waals surface area contributed by atoms with Gasteiger partial charge in [-0.25, -0.2) is 24.9 Å². The summed E-state index contributed by atoms with van der Waals surface area (Å²) in [5.41, 5.74) is 2.94. The van der Waals surface area contributed by atoms with E-state index in [4.69, 9.17) is 4.98 Å². The highest BCUT2D eigenvalue weighted by Gasteiger charge is 2.21. The van der Waals surface area contributed by atoms with Crippen molar-refractivity contribution in [3.63, 3.8) is 0 Å². The fraction of sp³-hybridized carbons (Fsp3) is 0.444. The molecule has 9 nitrogen and oxygen atoms in total. The first kappa shape index (κ1) is 17.3. The maximum atomic E-state index is 12.5. The van der Waals surface area contributed by atoms with Crippen molar-refractivity contribution in [2.24, 2.45) is 14.1 Å². The van der Waals surface area contributed by atoms with Gasteiger partial charge >= 0.3 is 0 Å². The lowest BCUT2D eigenvalue weighted by Crippen LogP contribution is -2.13. The van der Waals surface area contributed by atoms with E-state index in [-0.39, 0.29) is 22.9 Å². The van der Waals surface area contributed by atoms with Crippen LogP contribution in [0.3, 0.4) is 0 Å². The molecule has 0 spiro atoms. The summed E-state index contributed by atoms with van der Waals surface area (Å²) in [7, 11) is 3.72. The molecule has 0 aliphatic carbocycles. The van der Waals surface area contributed by atoms with Gasteiger partial charge in [0.15, 0.2) is 28.5 Å². The lowest BCUT2D eigenvalue weighted by atomic mass is 10.1. The van der Waals surface area contributed by atoms with E-state index in [1.165, 1.54) is 0 Å². The van der Waals surface area contributed by atoms with Gasteiger partial charge in [-0.3, -0.25) is 4.79 Å². The quantitative estimate of drug-likeness (QED) is 0.596. The fourth-order valence-corrected chi connectivity index (χ4v) is 3.09.